The van der Waals surface area contributed by atoms with Gasteiger partial charge in [0.15, 0.2) is 0 Å². The molecule has 84 valence electrons. The third-order valence-corrected chi connectivity index (χ3v) is 2.18. The van der Waals surface area contributed by atoms with Crippen LogP contribution in [0.5, 0.6) is 0 Å². The number of nitrogens with one attached hydrogen (secondary N) is 1. The summed E-state index contributed by atoms with van der Waals surface area (Å²) in [6.45, 7) is 3.51. The molecule has 1 aromatic rings. The Bertz CT molecular complexity index is 372. The quantitative estimate of drug-likeness (QED) is 0.703. The van der Waals surface area contributed by atoms with Gasteiger partial charge < -0.3 is 15.8 Å². The van der Waals surface area contributed by atoms with Crippen molar-refractivity contribution in [2.45, 2.75) is 19.9 Å². The second kappa shape index (κ2) is 4.20. The van der Waals surface area contributed by atoms with Crippen LogP contribution in [0, 0.1) is 6.92 Å². The normalized spacial score (nSPS) is 12.3. The van der Waals surface area contributed by atoms with Gasteiger partial charge in [-0.25, -0.2) is 4.79 Å². The molecule has 0 saturated carbocycles. The topological polar surface area (TPSA) is 82.2 Å². The monoisotopic (exact) mass is 212 g/mol. The Hall–Kier alpha value is -1.72. The zero-order valence-electron chi connectivity index (χ0n) is 9.37. The number of carbonyl (C=O) groups is 1. The van der Waals surface area contributed by atoms with Crippen LogP contribution in [0.3, 0.4) is 0 Å². The molecule has 0 aliphatic carbocycles. The summed E-state index contributed by atoms with van der Waals surface area (Å²) < 4.78 is 6.20. The first-order valence-corrected chi connectivity index (χ1v) is 4.60. The van der Waals surface area contributed by atoms with Gasteiger partial charge in [0.2, 0.25) is 0 Å². The molecular formula is C9H16N4O2. The maximum atomic E-state index is 11.2. The van der Waals surface area contributed by atoms with Gasteiger partial charge in [0.1, 0.15) is 11.9 Å². The van der Waals surface area contributed by atoms with Crippen molar-refractivity contribution in [2.75, 3.05) is 18.2 Å². The highest BCUT2D eigenvalue weighted by atomic mass is 16.5. The van der Waals surface area contributed by atoms with Gasteiger partial charge in [0.05, 0.1) is 18.5 Å². The van der Waals surface area contributed by atoms with Crippen molar-refractivity contribution in [1.82, 2.24) is 9.78 Å². The molecule has 0 aromatic carbocycles. The fourth-order valence-corrected chi connectivity index (χ4v) is 1.29. The number of esters is 1. The van der Waals surface area contributed by atoms with Gasteiger partial charge in [-0.05, 0) is 13.8 Å². The second-order valence-corrected chi connectivity index (χ2v) is 3.36. The lowest BCUT2D eigenvalue weighted by Crippen LogP contribution is -2.28. The van der Waals surface area contributed by atoms with Crippen molar-refractivity contribution in [3.8, 4) is 0 Å². The van der Waals surface area contributed by atoms with E-state index in [1.54, 1.807) is 18.7 Å². The van der Waals surface area contributed by atoms with Gasteiger partial charge in [0, 0.05) is 7.05 Å². The van der Waals surface area contributed by atoms with Gasteiger partial charge in [-0.1, -0.05) is 0 Å². The zero-order valence-corrected chi connectivity index (χ0v) is 9.37. The van der Waals surface area contributed by atoms with E-state index in [9.17, 15) is 4.79 Å². The van der Waals surface area contributed by atoms with Crippen molar-refractivity contribution >= 4 is 17.5 Å². The van der Waals surface area contributed by atoms with E-state index in [2.05, 4.69) is 15.2 Å². The van der Waals surface area contributed by atoms with Gasteiger partial charge in [-0.3, -0.25) is 4.68 Å². The fourth-order valence-electron chi connectivity index (χ4n) is 1.29. The van der Waals surface area contributed by atoms with Crippen LogP contribution < -0.4 is 11.1 Å². The number of methoxy groups -OCH3 is 1. The number of hydrogen-bond acceptors (Lipinski definition) is 5. The third-order valence-electron chi connectivity index (χ3n) is 2.18. The summed E-state index contributed by atoms with van der Waals surface area (Å²) in [5, 5.41) is 7.08. The number of aryl methyl sites for hydroxylation is 2. The molecule has 3 N–H and O–H groups in total. The molecule has 1 atom stereocenters. The van der Waals surface area contributed by atoms with Crippen LogP contribution in [0.25, 0.3) is 0 Å². The highest BCUT2D eigenvalue weighted by molar-refractivity contribution is 5.80. The van der Waals surface area contributed by atoms with E-state index in [0.717, 1.165) is 5.69 Å². The predicted octanol–water partition coefficient (Wildman–Crippen LogP) is 0.284. The molecule has 15 heavy (non-hydrogen) atoms. The van der Waals surface area contributed by atoms with Crippen LogP contribution in [-0.4, -0.2) is 28.9 Å². The summed E-state index contributed by atoms with van der Waals surface area (Å²) in [4.78, 5) is 11.2. The molecule has 0 bridgehead atoms. The van der Waals surface area contributed by atoms with Crippen LogP contribution in [0.2, 0.25) is 0 Å². The Morgan fingerprint density at radius 2 is 2.27 bits per heavy atom. The number of rotatable bonds is 3. The third kappa shape index (κ3) is 2.20. The van der Waals surface area contributed by atoms with E-state index in [1.165, 1.54) is 7.11 Å². The van der Waals surface area contributed by atoms with Crippen molar-refractivity contribution < 1.29 is 9.53 Å². The number of carbonyl (C=O) groups excluding carboxylic acids is 1. The van der Waals surface area contributed by atoms with Gasteiger partial charge >= 0.3 is 5.97 Å². The Labute approximate surface area is 88.4 Å². The number of anilines is 2. The van der Waals surface area contributed by atoms with Crippen LogP contribution in [-0.2, 0) is 16.6 Å². The molecule has 1 rings (SSSR count). The molecule has 1 unspecified atom stereocenters. The maximum absolute atomic E-state index is 11.2. The minimum absolute atomic E-state index is 0.340. The molecule has 6 nitrogen and oxygen atoms in total. The molecule has 0 saturated heterocycles. The molecule has 0 aliphatic heterocycles. The van der Waals surface area contributed by atoms with Gasteiger partial charge in [-0.15, -0.1) is 0 Å². The van der Waals surface area contributed by atoms with E-state index < -0.39 is 6.04 Å². The second-order valence-electron chi connectivity index (χ2n) is 3.36. The number of hydrogen-bond donors (Lipinski definition) is 2. The van der Waals surface area contributed by atoms with Crippen molar-refractivity contribution in [1.29, 1.82) is 0 Å². The first-order chi connectivity index (χ1) is 6.97. The molecule has 0 spiro atoms. The molecule has 1 heterocycles. The summed E-state index contributed by atoms with van der Waals surface area (Å²) >= 11 is 0. The standard InChI is InChI=1S/C9H16N4O2/c1-5-7(10)8(13(3)12-5)11-6(2)9(14)15-4/h6,11H,10H2,1-4H3. The van der Waals surface area contributed by atoms with Crippen LogP contribution in [0.1, 0.15) is 12.6 Å². The Balaban J connectivity index is 2.85. The highest BCUT2D eigenvalue weighted by Gasteiger charge is 2.17. The lowest BCUT2D eigenvalue weighted by molar-refractivity contribution is -0.141. The number of aromatic nitrogens is 2. The van der Waals surface area contributed by atoms with Gasteiger partial charge in [-0.2, -0.15) is 5.10 Å². The zero-order chi connectivity index (χ0) is 11.6. The minimum Gasteiger partial charge on any atom is -0.467 e. The molecule has 0 fully saturated rings. The van der Waals surface area contributed by atoms with Crippen molar-refractivity contribution in [2.24, 2.45) is 7.05 Å². The summed E-state index contributed by atoms with van der Waals surface area (Å²) in [7, 11) is 3.11. The average Bonchev–Trinajstić information content (AvgIpc) is 2.43. The summed E-state index contributed by atoms with van der Waals surface area (Å²) in [6, 6.07) is -0.452. The first kappa shape index (κ1) is 11.4. The van der Waals surface area contributed by atoms with E-state index in [4.69, 9.17) is 5.73 Å². The number of nitrogen functional groups attached to an aromatic ring is 1. The van der Waals surface area contributed by atoms with Crippen molar-refractivity contribution in [3.63, 3.8) is 0 Å². The predicted molar refractivity (Wildman–Crippen MR) is 57.5 cm³/mol. The smallest absolute Gasteiger partial charge is 0.328 e. The number of nitrogens with zero attached hydrogens (tertiary/aromatic N) is 2. The van der Waals surface area contributed by atoms with E-state index in [0.29, 0.717) is 11.5 Å². The molecule has 0 amide bonds. The average molecular weight is 212 g/mol. The van der Waals surface area contributed by atoms with Crippen LogP contribution >= 0.6 is 0 Å². The summed E-state index contributed by atoms with van der Waals surface area (Å²) in [6.07, 6.45) is 0. The molecule has 1 aromatic heterocycles. The van der Waals surface area contributed by atoms with E-state index in [1.807, 2.05) is 6.92 Å². The largest absolute Gasteiger partial charge is 0.467 e. The molecular weight excluding hydrogens is 196 g/mol. The van der Waals surface area contributed by atoms with E-state index in [-0.39, 0.29) is 5.97 Å². The van der Waals surface area contributed by atoms with E-state index >= 15 is 0 Å². The first-order valence-electron chi connectivity index (χ1n) is 4.60. The Kier molecular flexibility index (Phi) is 3.18. The minimum atomic E-state index is -0.452. The van der Waals surface area contributed by atoms with Crippen molar-refractivity contribution in [3.05, 3.63) is 5.69 Å². The number of ether oxygens (including phenoxy) is 1. The summed E-state index contributed by atoms with van der Waals surface area (Å²) in [5.41, 5.74) is 7.08. The molecule has 0 radical (unpaired) electrons. The Morgan fingerprint density at radius 3 is 2.67 bits per heavy atom. The van der Waals surface area contributed by atoms with Gasteiger partial charge in [0.25, 0.3) is 0 Å². The van der Waals surface area contributed by atoms with Crippen LogP contribution in [0.4, 0.5) is 11.5 Å². The number of nitrogens with two attached hydrogens (primary N) is 1. The Morgan fingerprint density at radius 1 is 1.67 bits per heavy atom. The lowest BCUT2D eigenvalue weighted by Gasteiger charge is -2.13. The highest BCUT2D eigenvalue weighted by Crippen LogP contribution is 2.21. The fraction of sp³-hybridized carbons (Fsp3) is 0.556. The molecule has 0 aliphatic rings. The lowest BCUT2D eigenvalue weighted by atomic mass is 10.3. The SMILES string of the molecule is COC(=O)C(C)Nc1c(N)c(C)nn1C. The summed E-state index contributed by atoms with van der Waals surface area (Å²) in [5.74, 6) is 0.290. The van der Waals surface area contributed by atoms with Crippen LogP contribution in [0.15, 0.2) is 0 Å². The molecule has 6 heteroatoms. The maximum Gasteiger partial charge on any atom is 0.328 e.